The molecule has 1 unspecified atom stereocenters. The second kappa shape index (κ2) is 9.41. The number of nitrogens with zero attached hydrogens (tertiary/aromatic N) is 4. The molecule has 0 saturated carbocycles. The number of hydrogen-bond acceptors (Lipinski definition) is 8. The number of fused-ring (bicyclic) bond motifs is 1. The van der Waals surface area contributed by atoms with Gasteiger partial charge >= 0.3 is 0 Å². The Balaban J connectivity index is 1.46. The number of thiazole rings is 1. The molecule has 0 aliphatic carbocycles. The lowest BCUT2D eigenvalue weighted by Gasteiger charge is -2.11. The van der Waals surface area contributed by atoms with Crippen molar-refractivity contribution in [3.8, 4) is 17.6 Å². The molecule has 0 aliphatic rings. The highest BCUT2D eigenvalue weighted by Gasteiger charge is 2.20. The van der Waals surface area contributed by atoms with E-state index in [2.05, 4.69) is 26.3 Å². The van der Waals surface area contributed by atoms with E-state index < -0.39 is 5.92 Å². The number of ether oxygens (including phenoxy) is 2. The van der Waals surface area contributed by atoms with Crippen LogP contribution in [0.1, 0.15) is 22.2 Å². The fourth-order valence-electron chi connectivity index (χ4n) is 3.23. The van der Waals surface area contributed by atoms with Crippen molar-refractivity contribution >= 4 is 27.5 Å². The van der Waals surface area contributed by atoms with Gasteiger partial charge in [-0.15, -0.1) is 11.3 Å². The van der Waals surface area contributed by atoms with Crippen LogP contribution in [0, 0.1) is 11.3 Å². The summed E-state index contributed by atoms with van der Waals surface area (Å²) >= 11 is 1.52. The predicted octanol–water partition coefficient (Wildman–Crippen LogP) is 4.41. The van der Waals surface area contributed by atoms with E-state index in [4.69, 9.17) is 9.47 Å². The molecule has 156 valence electrons. The van der Waals surface area contributed by atoms with Gasteiger partial charge in [-0.1, -0.05) is 18.2 Å². The van der Waals surface area contributed by atoms with Gasteiger partial charge in [0.25, 0.3) is 0 Å². The first-order valence-electron chi connectivity index (χ1n) is 9.74. The number of nitriles is 1. The molecular formula is C23H21N5O2S. The molecule has 4 rings (SSSR count). The van der Waals surface area contributed by atoms with Crippen molar-refractivity contribution in [3.05, 3.63) is 71.0 Å². The molecule has 1 N–H and O–H groups in total. The Kier molecular flexibility index (Phi) is 6.24. The minimum atomic E-state index is -0.535. The van der Waals surface area contributed by atoms with Crippen molar-refractivity contribution in [3.63, 3.8) is 0 Å². The zero-order valence-corrected chi connectivity index (χ0v) is 18.0. The molecule has 0 radical (unpaired) electrons. The normalized spacial score (nSPS) is 11.6. The Hall–Kier alpha value is -3.70. The van der Waals surface area contributed by atoms with Crippen molar-refractivity contribution in [2.45, 2.75) is 12.3 Å². The summed E-state index contributed by atoms with van der Waals surface area (Å²) in [6.45, 7) is 0.636. The Morgan fingerprint density at radius 2 is 1.90 bits per heavy atom. The zero-order chi connectivity index (χ0) is 21.6. The topological polar surface area (TPSA) is 93.0 Å². The highest BCUT2D eigenvalue weighted by molar-refractivity contribution is 7.18. The molecule has 2 aromatic heterocycles. The summed E-state index contributed by atoms with van der Waals surface area (Å²) in [5, 5.41) is 13.8. The molecule has 0 amide bonds. The summed E-state index contributed by atoms with van der Waals surface area (Å²) in [6, 6.07) is 17.8. The number of nitrogens with one attached hydrogen (secondary N) is 1. The number of anilines is 1. The third-order valence-corrected chi connectivity index (χ3v) is 5.91. The van der Waals surface area contributed by atoms with E-state index in [1.165, 1.54) is 11.3 Å². The van der Waals surface area contributed by atoms with E-state index in [9.17, 15) is 5.26 Å². The van der Waals surface area contributed by atoms with Gasteiger partial charge in [0, 0.05) is 12.7 Å². The second-order valence-electron chi connectivity index (χ2n) is 6.75. The lowest BCUT2D eigenvalue weighted by molar-refractivity contribution is 0.354. The first kappa shape index (κ1) is 20.6. The number of benzene rings is 2. The van der Waals surface area contributed by atoms with E-state index in [-0.39, 0.29) is 0 Å². The summed E-state index contributed by atoms with van der Waals surface area (Å²) < 4.78 is 11.7. The molecule has 7 nitrogen and oxygen atoms in total. The first-order chi connectivity index (χ1) is 15.2. The summed E-state index contributed by atoms with van der Waals surface area (Å²) in [7, 11) is 3.24. The van der Waals surface area contributed by atoms with Crippen LogP contribution in [0.2, 0.25) is 0 Å². The average molecular weight is 432 g/mol. The number of rotatable bonds is 8. The van der Waals surface area contributed by atoms with Gasteiger partial charge in [-0.2, -0.15) is 5.26 Å². The number of aromatic nitrogens is 3. The zero-order valence-electron chi connectivity index (χ0n) is 17.2. The van der Waals surface area contributed by atoms with E-state index >= 15 is 0 Å². The monoisotopic (exact) mass is 431 g/mol. The van der Waals surface area contributed by atoms with Crippen LogP contribution in [0.15, 0.2) is 54.7 Å². The van der Waals surface area contributed by atoms with Gasteiger partial charge in [-0.25, -0.2) is 15.0 Å². The van der Waals surface area contributed by atoms with Gasteiger partial charge in [0.15, 0.2) is 11.5 Å². The number of para-hydroxylation sites is 1. The molecular weight excluding hydrogens is 410 g/mol. The summed E-state index contributed by atoms with van der Waals surface area (Å²) in [4.78, 5) is 13.5. The van der Waals surface area contributed by atoms with Crippen LogP contribution >= 0.6 is 11.3 Å². The maximum absolute atomic E-state index is 9.78. The lowest BCUT2D eigenvalue weighted by atomic mass is 10.1. The predicted molar refractivity (Wildman–Crippen MR) is 121 cm³/mol. The van der Waals surface area contributed by atoms with Crippen molar-refractivity contribution in [2.24, 2.45) is 0 Å². The molecule has 2 heterocycles. The maximum atomic E-state index is 9.78. The fraction of sp³-hybridized carbons (Fsp3) is 0.217. The second-order valence-corrected chi connectivity index (χ2v) is 7.82. The number of hydrogen-bond donors (Lipinski definition) is 1. The molecule has 0 saturated heterocycles. The Morgan fingerprint density at radius 3 is 2.68 bits per heavy atom. The van der Waals surface area contributed by atoms with E-state index in [1.807, 2.05) is 42.5 Å². The van der Waals surface area contributed by atoms with Crippen LogP contribution in [-0.4, -0.2) is 35.7 Å². The van der Waals surface area contributed by atoms with Crippen LogP contribution in [0.4, 0.5) is 5.95 Å². The maximum Gasteiger partial charge on any atom is 0.222 e. The van der Waals surface area contributed by atoms with Gasteiger partial charge in [0.05, 0.1) is 36.2 Å². The largest absolute Gasteiger partial charge is 0.493 e. The van der Waals surface area contributed by atoms with Gasteiger partial charge in [-0.05, 0) is 42.3 Å². The Morgan fingerprint density at radius 1 is 1.06 bits per heavy atom. The third kappa shape index (κ3) is 4.57. The van der Waals surface area contributed by atoms with Crippen LogP contribution in [0.25, 0.3) is 10.2 Å². The minimum absolute atomic E-state index is 0.485. The summed E-state index contributed by atoms with van der Waals surface area (Å²) in [5.41, 5.74) is 2.63. The summed E-state index contributed by atoms with van der Waals surface area (Å²) in [6.07, 6.45) is 2.42. The molecule has 4 aromatic rings. The molecule has 0 bridgehead atoms. The van der Waals surface area contributed by atoms with Gasteiger partial charge in [0.2, 0.25) is 5.95 Å². The SMILES string of the molecule is COc1ccc(CCNc2nccc(C(C#N)c3nc4ccccc4s3)n2)cc1OC. The van der Waals surface area contributed by atoms with Crippen molar-refractivity contribution in [1.82, 2.24) is 15.0 Å². The molecule has 2 aromatic carbocycles. The molecule has 0 spiro atoms. The highest BCUT2D eigenvalue weighted by atomic mass is 32.1. The van der Waals surface area contributed by atoms with Crippen molar-refractivity contribution < 1.29 is 9.47 Å². The third-order valence-electron chi connectivity index (χ3n) is 4.80. The van der Waals surface area contributed by atoms with E-state index in [1.54, 1.807) is 26.5 Å². The van der Waals surface area contributed by atoms with E-state index in [0.717, 1.165) is 27.2 Å². The Labute approximate surface area is 184 Å². The number of methoxy groups -OCH3 is 2. The molecule has 8 heteroatoms. The Bertz CT molecular complexity index is 1200. The highest BCUT2D eigenvalue weighted by Crippen LogP contribution is 2.31. The molecule has 31 heavy (non-hydrogen) atoms. The first-order valence-corrected chi connectivity index (χ1v) is 10.6. The van der Waals surface area contributed by atoms with E-state index in [0.29, 0.717) is 29.7 Å². The standard InChI is InChI=1S/C23H21N5O2S/c1-29-19-8-7-15(13-20(19)30-2)9-11-25-23-26-12-10-17(28-23)16(14-24)22-27-18-5-3-4-6-21(18)31-22/h3-8,10,12-13,16H,9,11H2,1-2H3,(H,25,26,28). The lowest BCUT2D eigenvalue weighted by Crippen LogP contribution is -2.10. The summed E-state index contributed by atoms with van der Waals surface area (Å²) in [5.74, 6) is 1.35. The van der Waals surface area contributed by atoms with Crippen molar-refractivity contribution in [1.29, 1.82) is 5.26 Å². The minimum Gasteiger partial charge on any atom is -0.493 e. The fourth-order valence-corrected chi connectivity index (χ4v) is 4.26. The van der Waals surface area contributed by atoms with Gasteiger partial charge in [0.1, 0.15) is 10.9 Å². The smallest absolute Gasteiger partial charge is 0.222 e. The quantitative estimate of drug-likeness (QED) is 0.441. The van der Waals surface area contributed by atoms with Gasteiger partial charge in [-0.3, -0.25) is 0 Å². The molecule has 0 fully saturated rings. The molecule has 0 aliphatic heterocycles. The van der Waals surface area contributed by atoms with Crippen LogP contribution in [-0.2, 0) is 6.42 Å². The average Bonchev–Trinajstić information content (AvgIpc) is 3.23. The van der Waals surface area contributed by atoms with Crippen molar-refractivity contribution in [2.75, 3.05) is 26.1 Å². The van der Waals surface area contributed by atoms with Crippen LogP contribution in [0.3, 0.4) is 0 Å². The van der Waals surface area contributed by atoms with Gasteiger partial charge < -0.3 is 14.8 Å². The molecule has 1 atom stereocenters. The van der Waals surface area contributed by atoms with Crippen LogP contribution < -0.4 is 14.8 Å². The van der Waals surface area contributed by atoms with Crippen LogP contribution in [0.5, 0.6) is 11.5 Å².